The highest BCUT2D eigenvalue weighted by Gasteiger charge is 2.51. The quantitative estimate of drug-likeness (QED) is 0.582. The SMILES string of the molecule is CC(C)(C)[Si](OC1C=CCCC1)(c1ccccc1)c1ccccc1. The number of rotatable bonds is 4. The highest BCUT2D eigenvalue weighted by molar-refractivity contribution is 6.99. The van der Waals surface area contributed by atoms with Gasteiger partial charge in [0.1, 0.15) is 0 Å². The molecule has 1 unspecified atom stereocenters. The van der Waals surface area contributed by atoms with Gasteiger partial charge in [-0.25, -0.2) is 0 Å². The average molecular weight is 337 g/mol. The van der Waals surface area contributed by atoms with Gasteiger partial charge in [-0.2, -0.15) is 0 Å². The molecule has 1 atom stereocenters. The molecular weight excluding hydrogens is 308 g/mol. The molecule has 0 amide bonds. The van der Waals surface area contributed by atoms with Gasteiger partial charge in [0, 0.05) is 0 Å². The van der Waals surface area contributed by atoms with Crippen molar-refractivity contribution in [2.24, 2.45) is 0 Å². The third kappa shape index (κ3) is 3.26. The van der Waals surface area contributed by atoms with E-state index in [1.165, 1.54) is 23.2 Å². The summed E-state index contributed by atoms with van der Waals surface area (Å²) < 4.78 is 7.07. The lowest BCUT2D eigenvalue weighted by Gasteiger charge is -2.45. The van der Waals surface area contributed by atoms with E-state index in [0.717, 1.165) is 6.42 Å². The minimum Gasteiger partial charge on any atom is -0.401 e. The summed E-state index contributed by atoms with van der Waals surface area (Å²) in [7, 11) is -2.39. The standard InChI is InChI=1S/C22H28OSi/c1-22(2,3)24(20-15-9-5-10-16-20,21-17-11-6-12-18-21)23-19-13-7-4-8-14-19/h5-7,9-13,15-19H,4,8,14H2,1-3H3. The van der Waals surface area contributed by atoms with Crippen molar-refractivity contribution in [1.29, 1.82) is 0 Å². The van der Waals surface area contributed by atoms with E-state index in [2.05, 4.69) is 93.6 Å². The Morgan fingerprint density at radius 1 is 0.875 bits per heavy atom. The van der Waals surface area contributed by atoms with E-state index < -0.39 is 8.32 Å². The topological polar surface area (TPSA) is 9.23 Å². The van der Waals surface area contributed by atoms with Crippen LogP contribution in [0.3, 0.4) is 0 Å². The van der Waals surface area contributed by atoms with E-state index in [4.69, 9.17) is 4.43 Å². The average Bonchev–Trinajstić information content (AvgIpc) is 2.61. The molecular formula is C22H28OSi. The Morgan fingerprint density at radius 2 is 1.42 bits per heavy atom. The first kappa shape index (κ1) is 17.2. The highest BCUT2D eigenvalue weighted by Crippen LogP contribution is 2.38. The lowest BCUT2D eigenvalue weighted by Crippen LogP contribution is -2.67. The predicted octanol–water partition coefficient (Wildman–Crippen LogP) is 4.67. The molecule has 24 heavy (non-hydrogen) atoms. The van der Waals surface area contributed by atoms with Gasteiger partial charge in [0.2, 0.25) is 0 Å². The maximum absolute atomic E-state index is 7.07. The Bertz CT molecular complexity index is 631. The Balaban J connectivity index is 2.17. The van der Waals surface area contributed by atoms with E-state index >= 15 is 0 Å². The summed E-state index contributed by atoms with van der Waals surface area (Å²) in [6.07, 6.45) is 8.32. The lowest BCUT2D eigenvalue weighted by molar-refractivity contribution is 0.215. The van der Waals surface area contributed by atoms with Crippen LogP contribution in [-0.4, -0.2) is 14.4 Å². The van der Waals surface area contributed by atoms with Crippen LogP contribution in [-0.2, 0) is 4.43 Å². The number of allylic oxidation sites excluding steroid dienone is 1. The second-order valence-corrected chi connectivity index (χ2v) is 11.9. The second kappa shape index (κ2) is 7.08. The van der Waals surface area contributed by atoms with Gasteiger partial charge in [-0.3, -0.25) is 0 Å². The molecule has 0 radical (unpaired) electrons. The fourth-order valence-corrected chi connectivity index (χ4v) is 8.46. The third-order valence-corrected chi connectivity index (χ3v) is 10.0. The molecule has 0 fully saturated rings. The van der Waals surface area contributed by atoms with Crippen LogP contribution in [0.4, 0.5) is 0 Å². The summed E-state index contributed by atoms with van der Waals surface area (Å²) in [6, 6.07) is 21.8. The van der Waals surface area contributed by atoms with E-state index in [1.54, 1.807) is 0 Å². The van der Waals surface area contributed by atoms with Crippen LogP contribution >= 0.6 is 0 Å². The molecule has 2 aromatic carbocycles. The van der Waals surface area contributed by atoms with Gasteiger partial charge >= 0.3 is 0 Å². The van der Waals surface area contributed by atoms with E-state index in [-0.39, 0.29) is 11.1 Å². The Hall–Kier alpha value is -1.64. The van der Waals surface area contributed by atoms with Gasteiger partial charge < -0.3 is 4.43 Å². The van der Waals surface area contributed by atoms with Gasteiger partial charge in [-0.15, -0.1) is 0 Å². The fourth-order valence-electron chi connectivity index (χ4n) is 3.80. The maximum atomic E-state index is 7.07. The molecule has 0 saturated heterocycles. The van der Waals surface area contributed by atoms with Crippen molar-refractivity contribution in [3.8, 4) is 0 Å². The number of hydrogen-bond donors (Lipinski definition) is 0. The molecule has 0 heterocycles. The van der Waals surface area contributed by atoms with Crippen molar-refractivity contribution in [2.45, 2.75) is 51.2 Å². The van der Waals surface area contributed by atoms with Crippen LogP contribution in [0.15, 0.2) is 72.8 Å². The van der Waals surface area contributed by atoms with Crippen molar-refractivity contribution >= 4 is 18.7 Å². The molecule has 1 aliphatic carbocycles. The lowest BCUT2D eigenvalue weighted by atomic mass is 10.1. The van der Waals surface area contributed by atoms with Crippen LogP contribution in [0.1, 0.15) is 40.0 Å². The van der Waals surface area contributed by atoms with Crippen LogP contribution in [0.25, 0.3) is 0 Å². The fraction of sp³-hybridized carbons (Fsp3) is 0.364. The van der Waals surface area contributed by atoms with Gasteiger partial charge in [-0.1, -0.05) is 93.6 Å². The Kier molecular flexibility index (Phi) is 5.07. The molecule has 126 valence electrons. The minimum atomic E-state index is -2.39. The Labute approximate surface area is 147 Å². The number of benzene rings is 2. The summed E-state index contributed by atoms with van der Waals surface area (Å²) >= 11 is 0. The molecule has 1 aliphatic rings. The molecule has 0 aliphatic heterocycles. The summed E-state index contributed by atoms with van der Waals surface area (Å²) in [5.41, 5.74) is 0. The van der Waals surface area contributed by atoms with E-state index in [1.807, 2.05) is 0 Å². The maximum Gasteiger partial charge on any atom is 0.261 e. The van der Waals surface area contributed by atoms with Crippen LogP contribution < -0.4 is 10.4 Å². The molecule has 0 N–H and O–H groups in total. The van der Waals surface area contributed by atoms with Crippen molar-refractivity contribution in [2.75, 3.05) is 0 Å². The minimum absolute atomic E-state index is 0.0565. The van der Waals surface area contributed by atoms with Crippen molar-refractivity contribution in [3.05, 3.63) is 72.8 Å². The molecule has 2 aromatic rings. The number of hydrogen-bond acceptors (Lipinski definition) is 1. The normalized spacial score (nSPS) is 18.5. The van der Waals surface area contributed by atoms with Crippen molar-refractivity contribution in [1.82, 2.24) is 0 Å². The van der Waals surface area contributed by atoms with Crippen LogP contribution in [0.5, 0.6) is 0 Å². The summed E-state index contributed by atoms with van der Waals surface area (Å²) in [4.78, 5) is 0. The van der Waals surface area contributed by atoms with Crippen molar-refractivity contribution < 1.29 is 4.43 Å². The highest BCUT2D eigenvalue weighted by atomic mass is 28.4. The first-order valence-corrected chi connectivity index (χ1v) is 10.9. The monoisotopic (exact) mass is 336 g/mol. The zero-order valence-electron chi connectivity index (χ0n) is 15.0. The van der Waals surface area contributed by atoms with Crippen LogP contribution in [0, 0.1) is 0 Å². The van der Waals surface area contributed by atoms with E-state index in [9.17, 15) is 0 Å². The van der Waals surface area contributed by atoms with Gasteiger partial charge in [0.15, 0.2) is 0 Å². The first-order valence-electron chi connectivity index (χ1n) is 8.99. The molecule has 0 spiro atoms. The van der Waals surface area contributed by atoms with Crippen LogP contribution in [0.2, 0.25) is 5.04 Å². The Morgan fingerprint density at radius 3 is 1.83 bits per heavy atom. The predicted molar refractivity (Wildman–Crippen MR) is 105 cm³/mol. The largest absolute Gasteiger partial charge is 0.401 e. The molecule has 3 rings (SSSR count). The zero-order chi connectivity index (χ0) is 17.0. The third-order valence-electron chi connectivity index (χ3n) is 4.96. The molecule has 2 heteroatoms. The summed E-state index contributed by atoms with van der Waals surface area (Å²) in [5, 5.41) is 2.78. The van der Waals surface area contributed by atoms with Gasteiger partial charge in [0.25, 0.3) is 8.32 Å². The molecule has 1 nitrogen and oxygen atoms in total. The van der Waals surface area contributed by atoms with E-state index in [0.29, 0.717) is 0 Å². The second-order valence-electron chi connectivity index (χ2n) is 7.68. The molecule has 0 bridgehead atoms. The van der Waals surface area contributed by atoms with Gasteiger partial charge in [-0.05, 0) is 34.7 Å². The van der Waals surface area contributed by atoms with Gasteiger partial charge in [0.05, 0.1) is 6.10 Å². The summed E-state index contributed by atoms with van der Waals surface area (Å²) in [6.45, 7) is 7.02. The summed E-state index contributed by atoms with van der Waals surface area (Å²) in [5.74, 6) is 0. The molecule has 0 saturated carbocycles. The smallest absolute Gasteiger partial charge is 0.261 e. The van der Waals surface area contributed by atoms with Crippen molar-refractivity contribution in [3.63, 3.8) is 0 Å². The first-order chi connectivity index (χ1) is 11.5. The molecule has 0 aromatic heterocycles. The zero-order valence-corrected chi connectivity index (χ0v) is 16.0.